The second kappa shape index (κ2) is 18.1. The second-order valence-electron chi connectivity index (χ2n) is 9.75. The zero-order valence-electron chi connectivity index (χ0n) is 20.2. The van der Waals surface area contributed by atoms with E-state index in [2.05, 4.69) is 34.6 Å². The summed E-state index contributed by atoms with van der Waals surface area (Å²) in [5, 5.41) is 37.3. The Labute approximate surface area is 185 Å². The number of aliphatic hydroxyl groups is 4. The third kappa shape index (κ3) is 16.3. The Morgan fingerprint density at radius 1 is 0.800 bits per heavy atom. The van der Waals surface area contributed by atoms with Crippen LogP contribution in [0.25, 0.3) is 0 Å². The van der Waals surface area contributed by atoms with Crippen LogP contribution in [0.5, 0.6) is 0 Å². The summed E-state index contributed by atoms with van der Waals surface area (Å²) in [6.45, 7) is 11.2. The van der Waals surface area contributed by atoms with Crippen LogP contribution >= 0.6 is 0 Å². The van der Waals surface area contributed by atoms with Gasteiger partial charge in [0.2, 0.25) is 0 Å². The quantitative estimate of drug-likeness (QED) is 0.179. The van der Waals surface area contributed by atoms with E-state index < -0.39 is 24.9 Å². The summed E-state index contributed by atoms with van der Waals surface area (Å²) in [5.74, 6) is 2.45. The molecule has 0 rings (SSSR count). The minimum atomic E-state index is -1.40. The molecule has 2 unspecified atom stereocenters. The van der Waals surface area contributed by atoms with Crippen LogP contribution in [0.15, 0.2) is 11.6 Å². The Hall–Kier alpha value is -0.460. The molecular formula is C25H50O5. The molecule has 5 nitrogen and oxygen atoms in total. The largest absolute Gasteiger partial charge is 0.394 e. The van der Waals surface area contributed by atoms with E-state index in [9.17, 15) is 15.3 Å². The van der Waals surface area contributed by atoms with Gasteiger partial charge in [0.15, 0.2) is 0 Å². The molecule has 0 aliphatic carbocycles. The summed E-state index contributed by atoms with van der Waals surface area (Å²) in [5.41, 5.74) is 1.27. The first-order valence-corrected chi connectivity index (χ1v) is 12.1. The Bertz CT molecular complexity index is 424. The molecule has 0 heterocycles. The maximum atomic E-state index is 9.69. The van der Waals surface area contributed by atoms with E-state index in [4.69, 9.17) is 9.84 Å². The molecule has 30 heavy (non-hydrogen) atoms. The number of aliphatic hydroxyl groups excluding tert-OH is 4. The summed E-state index contributed by atoms with van der Waals surface area (Å²) in [6.07, 6.45) is 9.63. The highest BCUT2D eigenvalue weighted by atomic mass is 16.5. The number of allylic oxidation sites excluding steroid dienone is 1. The first kappa shape index (κ1) is 29.5. The van der Waals surface area contributed by atoms with Crippen LogP contribution in [0, 0.1) is 17.8 Å². The van der Waals surface area contributed by atoms with Crippen molar-refractivity contribution in [3.8, 4) is 0 Å². The monoisotopic (exact) mass is 430 g/mol. The van der Waals surface area contributed by atoms with E-state index in [-0.39, 0.29) is 6.61 Å². The van der Waals surface area contributed by atoms with Crippen LogP contribution < -0.4 is 0 Å². The standard InChI is InChI=1S/C25H50O5/c1-19(2)9-6-10-20(3)11-7-12-21(4)13-8-14-22(5)15-16-30-18-24(28)25(29)23(27)17-26/h15,19-21,23-29H,6-14,16-18H2,1-5H3/b22-15+/t20?,21?,23-,24+,25+/m1/s1. The summed E-state index contributed by atoms with van der Waals surface area (Å²) in [6, 6.07) is 0. The van der Waals surface area contributed by atoms with Gasteiger partial charge in [0, 0.05) is 0 Å². The van der Waals surface area contributed by atoms with Crippen molar-refractivity contribution in [2.75, 3.05) is 19.8 Å². The summed E-state index contributed by atoms with van der Waals surface area (Å²) < 4.78 is 5.35. The van der Waals surface area contributed by atoms with Gasteiger partial charge in [-0.1, -0.05) is 84.3 Å². The molecule has 0 saturated carbocycles. The fourth-order valence-electron chi connectivity index (χ4n) is 3.66. The van der Waals surface area contributed by atoms with Crippen LogP contribution in [0.1, 0.15) is 92.4 Å². The molecule has 0 aliphatic heterocycles. The predicted octanol–water partition coefficient (Wildman–Crippen LogP) is 4.46. The first-order chi connectivity index (χ1) is 14.2. The van der Waals surface area contributed by atoms with Crippen LogP contribution in [0.4, 0.5) is 0 Å². The molecule has 0 spiro atoms. The Balaban J connectivity index is 3.77. The molecule has 180 valence electrons. The lowest BCUT2D eigenvalue weighted by atomic mass is 9.91. The van der Waals surface area contributed by atoms with E-state index in [1.807, 2.05) is 6.08 Å². The van der Waals surface area contributed by atoms with Crippen molar-refractivity contribution in [1.29, 1.82) is 0 Å². The van der Waals surface area contributed by atoms with Crippen molar-refractivity contribution in [2.24, 2.45) is 17.8 Å². The van der Waals surface area contributed by atoms with Gasteiger partial charge in [-0.3, -0.25) is 0 Å². The fourth-order valence-corrected chi connectivity index (χ4v) is 3.66. The molecule has 0 amide bonds. The van der Waals surface area contributed by atoms with Gasteiger partial charge in [0.1, 0.15) is 18.3 Å². The van der Waals surface area contributed by atoms with Crippen molar-refractivity contribution in [1.82, 2.24) is 0 Å². The van der Waals surface area contributed by atoms with Gasteiger partial charge < -0.3 is 25.2 Å². The van der Waals surface area contributed by atoms with Gasteiger partial charge >= 0.3 is 0 Å². The van der Waals surface area contributed by atoms with Gasteiger partial charge in [-0.05, 0) is 37.5 Å². The van der Waals surface area contributed by atoms with E-state index in [0.717, 1.165) is 24.2 Å². The van der Waals surface area contributed by atoms with Crippen molar-refractivity contribution in [3.63, 3.8) is 0 Å². The van der Waals surface area contributed by atoms with Gasteiger partial charge in [-0.2, -0.15) is 0 Å². The molecule has 0 aliphatic rings. The molecule has 5 atom stereocenters. The highest BCUT2D eigenvalue weighted by Gasteiger charge is 2.23. The van der Waals surface area contributed by atoms with Crippen LogP contribution in [0.2, 0.25) is 0 Å². The third-order valence-corrected chi connectivity index (χ3v) is 5.95. The van der Waals surface area contributed by atoms with E-state index in [1.54, 1.807) is 0 Å². The Morgan fingerprint density at radius 2 is 1.33 bits per heavy atom. The normalized spacial score (nSPS) is 17.7. The van der Waals surface area contributed by atoms with Crippen LogP contribution in [-0.4, -0.2) is 58.6 Å². The van der Waals surface area contributed by atoms with Gasteiger partial charge in [-0.25, -0.2) is 0 Å². The Kier molecular flexibility index (Phi) is 17.9. The highest BCUT2D eigenvalue weighted by molar-refractivity contribution is 4.97. The van der Waals surface area contributed by atoms with Crippen molar-refractivity contribution >= 4 is 0 Å². The summed E-state index contributed by atoms with van der Waals surface area (Å²) in [4.78, 5) is 0. The predicted molar refractivity (Wildman–Crippen MR) is 124 cm³/mol. The van der Waals surface area contributed by atoms with E-state index in [1.165, 1.54) is 56.9 Å². The van der Waals surface area contributed by atoms with Crippen LogP contribution in [-0.2, 0) is 4.74 Å². The average molecular weight is 431 g/mol. The van der Waals surface area contributed by atoms with E-state index in [0.29, 0.717) is 6.61 Å². The van der Waals surface area contributed by atoms with Gasteiger partial charge in [0.25, 0.3) is 0 Å². The highest BCUT2D eigenvalue weighted by Crippen LogP contribution is 2.22. The second-order valence-corrected chi connectivity index (χ2v) is 9.75. The van der Waals surface area contributed by atoms with E-state index >= 15 is 0 Å². The number of hydrogen-bond acceptors (Lipinski definition) is 5. The van der Waals surface area contributed by atoms with Crippen molar-refractivity contribution in [2.45, 2.75) is 111 Å². The molecule has 0 aromatic heterocycles. The lowest BCUT2D eigenvalue weighted by Gasteiger charge is -2.21. The molecule has 0 fully saturated rings. The smallest absolute Gasteiger partial charge is 0.110 e. The minimum Gasteiger partial charge on any atom is -0.394 e. The molecule has 4 N–H and O–H groups in total. The fraction of sp³-hybridized carbons (Fsp3) is 0.920. The zero-order chi connectivity index (χ0) is 22.9. The molecule has 0 aromatic rings. The van der Waals surface area contributed by atoms with Gasteiger partial charge in [-0.15, -0.1) is 0 Å². The van der Waals surface area contributed by atoms with Gasteiger partial charge in [0.05, 0.1) is 19.8 Å². The average Bonchev–Trinajstić information content (AvgIpc) is 2.69. The maximum Gasteiger partial charge on any atom is 0.110 e. The zero-order valence-corrected chi connectivity index (χ0v) is 20.2. The maximum absolute atomic E-state index is 9.69. The first-order valence-electron chi connectivity index (χ1n) is 12.1. The Morgan fingerprint density at radius 3 is 1.87 bits per heavy atom. The molecule has 5 heteroatoms. The molecule has 0 radical (unpaired) electrons. The van der Waals surface area contributed by atoms with Crippen molar-refractivity contribution in [3.05, 3.63) is 11.6 Å². The summed E-state index contributed by atoms with van der Waals surface area (Å²) in [7, 11) is 0. The third-order valence-electron chi connectivity index (χ3n) is 5.95. The van der Waals surface area contributed by atoms with Crippen LogP contribution in [0.3, 0.4) is 0 Å². The lowest BCUT2D eigenvalue weighted by molar-refractivity contribution is -0.0974. The minimum absolute atomic E-state index is 0.0745. The van der Waals surface area contributed by atoms with Crippen molar-refractivity contribution < 1.29 is 25.2 Å². The number of ether oxygens (including phenoxy) is 1. The summed E-state index contributed by atoms with van der Waals surface area (Å²) >= 11 is 0. The topological polar surface area (TPSA) is 90.2 Å². The SMILES string of the molecule is C/C(=C\COC[C@H](O)[C@@H](O)[C@H](O)CO)CCCC(C)CCCC(C)CCCC(C)C. The lowest BCUT2D eigenvalue weighted by Crippen LogP contribution is -2.41. The molecule has 0 bridgehead atoms. The number of rotatable bonds is 19. The number of hydrogen-bond donors (Lipinski definition) is 4. The molecular weight excluding hydrogens is 380 g/mol. The molecule has 0 saturated heterocycles. The molecule has 0 aromatic carbocycles.